The minimum absolute atomic E-state index is 0. The molecule has 4 nitrogen and oxygen atoms in total. The van der Waals surface area contributed by atoms with Crippen LogP contribution in [0.4, 0.5) is 10.8 Å². The Labute approximate surface area is 153 Å². The molecule has 1 aliphatic carbocycles. The van der Waals surface area contributed by atoms with Crippen molar-refractivity contribution >= 4 is 40.5 Å². The van der Waals surface area contributed by atoms with Crippen molar-refractivity contribution in [2.24, 2.45) is 5.92 Å². The highest BCUT2D eigenvalue weighted by Gasteiger charge is 2.22. The van der Waals surface area contributed by atoms with Crippen LogP contribution < -0.4 is 11.1 Å². The summed E-state index contributed by atoms with van der Waals surface area (Å²) in [5, 5.41) is 3.69. The first-order valence-electron chi connectivity index (χ1n) is 8.27. The number of rotatable bonds is 5. The van der Waals surface area contributed by atoms with Gasteiger partial charge in [0, 0.05) is 10.6 Å². The number of benzene rings is 1. The van der Waals surface area contributed by atoms with Crippen molar-refractivity contribution in [3.8, 4) is 0 Å². The number of nitrogen functional groups attached to an aromatic ring is 1. The summed E-state index contributed by atoms with van der Waals surface area (Å²) in [6.07, 6.45) is 6.27. The number of fused-ring (bicyclic) bond motifs is 1. The summed E-state index contributed by atoms with van der Waals surface area (Å²) in [6, 6.07) is 7.41. The lowest BCUT2D eigenvalue weighted by Gasteiger charge is -2.19. The van der Waals surface area contributed by atoms with Gasteiger partial charge < -0.3 is 11.1 Å². The molecular formula is C18H24ClN3OS. The predicted octanol–water partition coefficient (Wildman–Crippen LogP) is 4.23. The third kappa shape index (κ3) is 4.71. The molecular weight excluding hydrogens is 342 g/mol. The van der Waals surface area contributed by atoms with E-state index in [1.807, 2.05) is 24.3 Å². The number of hydrogen-bond acceptors (Lipinski definition) is 4. The van der Waals surface area contributed by atoms with Gasteiger partial charge >= 0.3 is 0 Å². The van der Waals surface area contributed by atoms with Crippen LogP contribution in [0.3, 0.4) is 0 Å². The van der Waals surface area contributed by atoms with Crippen LogP contribution in [-0.2, 0) is 24.1 Å². The largest absolute Gasteiger partial charge is 0.399 e. The molecule has 1 unspecified atom stereocenters. The van der Waals surface area contributed by atoms with Gasteiger partial charge in [0.15, 0.2) is 5.13 Å². The van der Waals surface area contributed by atoms with E-state index >= 15 is 0 Å². The van der Waals surface area contributed by atoms with Gasteiger partial charge in [-0.05, 0) is 42.9 Å². The predicted molar refractivity (Wildman–Crippen MR) is 103 cm³/mol. The molecule has 0 fully saturated rings. The normalized spacial score (nSPS) is 16.1. The first kappa shape index (κ1) is 18.7. The summed E-state index contributed by atoms with van der Waals surface area (Å²) < 4.78 is 0. The van der Waals surface area contributed by atoms with Crippen LogP contribution >= 0.6 is 23.7 Å². The number of aromatic nitrogens is 1. The lowest BCUT2D eigenvalue weighted by Crippen LogP contribution is -2.14. The Kier molecular flexibility index (Phi) is 6.63. The number of carbonyl (C=O) groups excluding carboxylic acids is 1. The Bertz CT molecular complexity index is 684. The average molecular weight is 366 g/mol. The number of amides is 1. The van der Waals surface area contributed by atoms with E-state index in [2.05, 4.69) is 17.2 Å². The molecule has 1 aromatic carbocycles. The molecule has 2 aromatic rings. The smallest absolute Gasteiger partial charge is 0.230 e. The van der Waals surface area contributed by atoms with E-state index in [0.29, 0.717) is 12.1 Å². The van der Waals surface area contributed by atoms with Crippen molar-refractivity contribution in [1.82, 2.24) is 4.98 Å². The Morgan fingerprint density at radius 2 is 2.12 bits per heavy atom. The molecule has 24 heavy (non-hydrogen) atoms. The fourth-order valence-corrected chi connectivity index (χ4v) is 4.27. The Hall–Kier alpha value is -1.59. The quantitative estimate of drug-likeness (QED) is 0.779. The van der Waals surface area contributed by atoms with Gasteiger partial charge in [0.2, 0.25) is 5.91 Å². The number of thiazole rings is 1. The SMILES string of the molecule is CCCC1CCc2nc(NC(=O)Cc3ccc(N)cc3)sc2C1.Cl. The molecule has 1 amide bonds. The lowest BCUT2D eigenvalue weighted by atomic mass is 9.88. The molecule has 1 atom stereocenters. The number of nitrogens with two attached hydrogens (primary N) is 1. The minimum Gasteiger partial charge on any atom is -0.399 e. The minimum atomic E-state index is -0.0222. The highest BCUT2D eigenvalue weighted by molar-refractivity contribution is 7.15. The van der Waals surface area contributed by atoms with Crippen molar-refractivity contribution in [2.75, 3.05) is 11.1 Å². The number of nitrogens with one attached hydrogen (secondary N) is 1. The molecule has 0 spiro atoms. The third-order valence-electron chi connectivity index (χ3n) is 4.33. The van der Waals surface area contributed by atoms with Gasteiger partial charge in [0.25, 0.3) is 0 Å². The molecule has 1 aliphatic rings. The second-order valence-electron chi connectivity index (χ2n) is 6.25. The first-order valence-corrected chi connectivity index (χ1v) is 9.08. The fourth-order valence-electron chi connectivity index (χ4n) is 3.14. The van der Waals surface area contributed by atoms with Gasteiger partial charge in [0.1, 0.15) is 0 Å². The van der Waals surface area contributed by atoms with Crippen LogP contribution in [0.1, 0.15) is 42.3 Å². The van der Waals surface area contributed by atoms with Crippen molar-refractivity contribution in [3.05, 3.63) is 40.4 Å². The number of aryl methyl sites for hydroxylation is 1. The van der Waals surface area contributed by atoms with Crippen LogP contribution in [0.25, 0.3) is 0 Å². The highest BCUT2D eigenvalue weighted by atomic mass is 35.5. The molecule has 0 aliphatic heterocycles. The zero-order valence-corrected chi connectivity index (χ0v) is 15.5. The van der Waals surface area contributed by atoms with E-state index < -0.39 is 0 Å². The number of carbonyl (C=O) groups is 1. The van der Waals surface area contributed by atoms with E-state index in [-0.39, 0.29) is 18.3 Å². The number of hydrogen-bond donors (Lipinski definition) is 2. The fraction of sp³-hybridized carbons (Fsp3) is 0.444. The summed E-state index contributed by atoms with van der Waals surface area (Å²) in [5.41, 5.74) is 8.52. The number of nitrogens with zero attached hydrogens (tertiary/aromatic N) is 1. The van der Waals surface area contributed by atoms with Gasteiger partial charge in [-0.15, -0.1) is 23.7 Å². The van der Waals surface area contributed by atoms with Crippen LogP contribution in [0, 0.1) is 5.92 Å². The van der Waals surface area contributed by atoms with Crippen LogP contribution in [0.15, 0.2) is 24.3 Å². The van der Waals surface area contributed by atoms with Crippen LogP contribution in [-0.4, -0.2) is 10.9 Å². The Morgan fingerprint density at radius 1 is 1.38 bits per heavy atom. The van der Waals surface area contributed by atoms with Crippen LogP contribution in [0.5, 0.6) is 0 Å². The first-order chi connectivity index (χ1) is 11.1. The highest BCUT2D eigenvalue weighted by Crippen LogP contribution is 2.34. The zero-order valence-electron chi connectivity index (χ0n) is 13.9. The van der Waals surface area contributed by atoms with Gasteiger partial charge in [-0.25, -0.2) is 4.98 Å². The summed E-state index contributed by atoms with van der Waals surface area (Å²) in [6.45, 7) is 2.24. The van der Waals surface area contributed by atoms with Gasteiger partial charge in [0.05, 0.1) is 12.1 Å². The second-order valence-corrected chi connectivity index (χ2v) is 7.34. The Balaban J connectivity index is 0.00000208. The van der Waals surface area contributed by atoms with E-state index in [1.165, 1.54) is 29.8 Å². The van der Waals surface area contributed by atoms with Crippen molar-refractivity contribution in [3.63, 3.8) is 0 Å². The maximum absolute atomic E-state index is 12.2. The standard InChI is InChI=1S/C18H23N3OS.ClH/c1-2-3-12-6-9-15-16(10-12)23-18(20-15)21-17(22)11-13-4-7-14(19)8-5-13;/h4-5,7-8,12H,2-3,6,9-11,19H2,1H3,(H,20,21,22);1H. The van der Waals surface area contributed by atoms with Gasteiger partial charge in [-0.2, -0.15) is 0 Å². The van der Waals surface area contributed by atoms with E-state index in [4.69, 9.17) is 5.73 Å². The van der Waals surface area contributed by atoms with E-state index in [9.17, 15) is 4.79 Å². The van der Waals surface area contributed by atoms with Gasteiger partial charge in [-0.1, -0.05) is 31.9 Å². The summed E-state index contributed by atoms with van der Waals surface area (Å²) >= 11 is 1.64. The second kappa shape index (κ2) is 8.49. The topological polar surface area (TPSA) is 68.0 Å². The monoisotopic (exact) mass is 365 g/mol. The molecule has 0 saturated heterocycles. The summed E-state index contributed by atoms with van der Waals surface area (Å²) in [4.78, 5) is 18.1. The van der Waals surface area contributed by atoms with E-state index in [1.54, 1.807) is 11.3 Å². The number of anilines is 2. The Morgan fingerprint density at radius 3 is 2.83 bits per heavy atom. The lowest BCUT2D eigenvalue weighted by molar-refractivity contribution is -0.115. The maximum atomic E-state index is 12.2. The molecule has 1 aromatic heterocycles. The molecule has 3 rings (SSSR count). The molecule has 6 heteroatoms. The van der Waals surface area contributed by atoms with Crippen molar-refractivity contribution in [2.45, 2.75) is 45.4 Å². The maximum Gasteiger partial charge on any atom is 0.230 e. The van der Waals surface area contributed by atoms with Crippen LogP contribution in [0.2, 0.25) is 0 Å². The van der Waals surface area contributed by atoms with Gasteiger partial charge in [-0.3, -0.25) is 4.79 Å². The van der Waals surface area contributed by atoms with E-state index in [0.717, 1.165) is 29.5 Å². The van der Waals surface area contributed by atoms with Crippen molar-refractivity contribution < 1.29 is 4.79 Å². The average Bonchev–Trinajstić information content (AvgIpc) is 2.91. The molecule has 3 N–H and O–H groups in total. The van der Waals surface area contributed by atoms with Crippen molar-refractivity contribution in [1.29, 1.82) is 0 Å². The third-order valence-corrected chi connectivity index (χ3v) is 5.36. The molecule has 0 bridgehead atoms. The molecule has 0 radical (unpaired) electrons. The summed E-state index contributed by atoms with van der Waals surface area (Å²) in [5.74, 6) is 0.761. The zero-order chi connectivity index (χ0) is 16.2. The molecule has 1 heterocycles. The summed E-state index contributed by atoms with van der Waals surface area (Å²) in [7, 11) is 0. The number of halogens is 1. The molecule has 130 valence electrons. The molecule has 0 saturated carbocycles.